The van der Waals surface area contributed by atoms with E-state index in [1.807, 2.05) is 124 Å². The summed E-state index contributed by atoms with van der Waals surface area (Å²) in [7, 11) is 10.9. The second-order valence-corrected chi connectivity index (χ2v) is 69.6. The Labute approximate surface area is 507 Å². The van der Waals surface area contributed by atoms with Crippen molar-refractivity contribution in [3.05, 3.63) is 240 Å². The number of carbonyl (C=O) groups is 6. The molecule has 0 N–H and O–H groups in total. The molecule has 0 unspecified atom stereocenters. The Balaban J connectivity index is 1.42. The fourth-order valence-electron chi connectivity index (χ4n) is 6.20. The van der Waals surface area contributed by atoms with Crippen LogP contribution in [-0.2, 0) is 28.8 Å². The van der Waals surface area contributed by atoms with E-state index in [0.29, 0.717) is 34.5 Å². The van der Waals surface area contributed by atoms with Crippen molar-refractivity contribution in [1.29, 1.82) is 0 Å². The van der Waals surface area contributed by atoms with Crippen LogP contribution in [0.15, 0.2) is 269 Å². The molecule has 12 nitrogen and oxygen atoms in total. The van der Waals surface area contributed by atoms with Crippen LogP contribution in [0.3, 0.4) is 0 Å². The van der Waals surface area contributed by atoms with Crippen LogP contribution in [-0.4, -0.2) is 92.3 Å². The summed E-state index contributed by atoms with van der Waals surface area (Å²) in [4.78, 5) is 78.9. The predicted octanol–water partition coefficient (Wildman–Crippen LogP) is 12.1. The topological polar surface area (TPSA) is 158 Å². The van der Waals surface area contributed by atoms with Crippen molar-refractivity contribution >= 4 is 153 Å². The van der Waals surface area contributed by atoms with Crippen LogP contribution >= 0.6 is 51.1 Å². The first-order chi connectivity index (χ1) is 39.2. The quantitative estimate of drug-likeness (QED) is 0.0207. The van der Waals surface area contributed by atoms with Crippen molar-refractivity contribution in [3.63, 3.8) is 0 Å². The molecule has 7 aromatic carbocycles. The monoisotopic (exact) mass is 1780 g/mol. The Bertz CT molecular complexity index is 2880. The van der Waals surface area contributed by atoms with Gasteiger partial charge in [-0.1, -0.05) is 0 Å². The molecule has 0 aliphatic rings. The second-order valence-electron chi connectivity index (χ2n) is 15.6. The summed E-state index contributed by atoms with van der Waals surface area (Å²) in [6, 6.07) is 51.6. The van der Waals surface area contributed by atoms with Gasteiger partial charge in [0.05, 0.1) is 0 Å². The van der Waals surface area contributed by atoms with Crippen molar-refractivity contribution in [2.75, 3.05) is 0 Å². The number of rotatable bonds is 27. The molecule has 7 rings (SSSR count). The molecule has 0 fully saturated rings. The van der Waals surface area contributed by atoms with Crippen LogP contribution in [0.4, 0.5) is 0 Å². The van der Waals surface area contributed by atoms with Crippen LogP contribution in [0, 0.1) is 0 Å². The summed E-state index contributed by atoms with van der Waals surface area (Å²) < 4.78 is 36.3. The van der Waals surface area contributed by atoms with E-state index >= 15 is 0 Å². The minimum absolute atomic E-state index is 0.380. The Hall–Kier alpha value is -5.45. The molecule has 0 aliphatic carbocycles. The third-order valence-corrected chi connectivity index (χ3v) is 71.0. The summed E-state index contributed by atoms with van der Waals surface area (Å²) in [5, 5.41) is 0. The van der Waals surface area contributed by atoms with E-state index in [1.54, 1.807) is 72.8 Å². The van der Waals surface area contributed by atoms with Gasteiger partial charge in [0.2, 0.25) is 0 Å². The van der Waals surface area contributed by atoms with Crippen LogP contribution < -0.4 is 38.2 Å². The first-order valence-corrected chi connectivity index (χ1v) is 58.9. The SMILES string of the molecule is C=CC(=O)Oc1ccc([S][Bi]([S]c2ccc(OC(=O)C=C)cc2)[c]2c[c]([Bi]([S]c3ccc(OC(=O)C=C)cc3)[S]c3ccc(OC(=O)C=C)cc3)c[c]([Bi]([S]c3ccc(OC(=O)C=C)cc3)[S]c3ccc(OC(=O)C=C)cc3)c2)cc1. The van der Waals surface area contributed by atoms with E-state index in [9.17, 15) is 28.8 Å². The van der Waals surface area contributed by atoms with Gasteiger partial charge in [-0.25, -0.2) is 0 Å². The Kier molecular flexibility index (Phi) is 25.3. The summed E-state index contributed by atoms with van der Waals surface area (Å²) in [5.41, 5.74) is 0. The van der Waals surface area contributed by atoms with Gasteiger partial charge in [-0.15, -0.1) is 0 Å². The molecule has 0 radical (unpaired) electrons. The summed E-state index contributed by atoms with van der Waals surface area (Å²) in [6.45, 7) is 21.2. The van der Waals surface area contributed by atoms with Crippen molar-refractivity contribution in [3.8, 4) is 34.5 Å². The van der Waals surface area contributed by atoms with Gasteiger partial charge in [0.1, 0.15) is 0 Å². The summed E-state index contributed by atoms with van der Waals surface area (Å²) >= 11 is -9.82. The number of carbonyl (C=O) groups excluding carboxylic acids is 6. The molecule has 7 aromatic rings. The van der Waals surface area contributed by atoms with Crippen LogP contribution in [0.2, 0.25) is 0 Å². The number of ether oxygens (including phenoxy) is 6. The van der Waals surface area contributed by atoms with Gasteiger partial charge in [0.25, 0.3) is 0 Å². The van der Waals surface area contributed by atoms with E-state index in [4.69, 9.17) is 28.4 Å². The Morgan fingerprint density at radius 2 is 0.395 bits per heavy atom. The summed E-state index contributed by atoms with van der Waals surface area (Å²) in [5.74, 6) is -1.13. The third kappa shape index (κ3) is 20.4. The van der Waals surface area contributed by atoms with E-state index < -0.39 is 92.3 Å². The van der Waals surface area contributed by atoms with E-state index in [1.165, 1.54) is 9.81 Å². The van der Waals surface area contributed by atoms with Gasteiger partial charge in [-0.05, 0) is 0 Å². The molecular weight excluding hydrogens is 1730 g/mol. The molecule has 81 heavy (non-hydrogen) atoms. The van der Waals surface area contributed by atoms with Gasteiger partial charge in [-0.3, -0.25) is 0 Å². The molecule has 0 aliphatic heterocycles. The fourth-order valence-corrected chi connectivity index (χ4v) is 73.1. The van der Waals surface area contributed by atoms with E-state index in [0.717, 1.165) is 65.8 Å². The molecule has 21 heteroatoms. The van der Waals surface area contributed by atoms with Crippen molar-refractivity contribution < 1.29 is 57.2 Å². The average molecular weight is 1780 g/mol. The normalized spacial score (nSPS) is 10.7. The van der Waals surface area contributed by atoms with Crippen molar-refractivity contribution in [2.24, 2.45) is 0 Å². The molecular formula is C60H45Bi3O12S6. The van der Waals surface area contributed by atoms with Gasteiger partial charge < -0.3 is 0 Å². The number of benzene rings is 7. The average Bonchev–Trinajstić information content (AvgIpc) is 3.50. The first-order valence-electron chi connectivity index (χ1n) is 23.5. The minimum atomic E-state index is -3.27. The molecule has 408 valence electrons. The van der Waals surface area contributed by atoms with Gasteiger partial charge in [-0.2, -0.15) is 0 Å². The second kappa shape index (κ2) is 32.4. The zero-order valence-corrected chi connectivity index (χ0v) is 57.8. The zero-order chi connectivity index (χ0) is 57.7. The molecule has 0 heterocycles. The maximum absolute atomic E-state index is 12.2. The van der Waals surface area contributed by atoms with Gasteiger partial charge in [0.15, 0.2) is 0 Å². The van der Waals surface area contributed by atoms with Crippen LogP contribution in [0.1, 0.15) is 0 Å². The summed E-state index contributed by atoms with van der Waals surface area (Å²) in [6.07, 6.45) is 6.67. The van der Waals surface area contributed by atoms with Crippen molar-refractivity contribution in [2.45, 2.75) is 29.4 Å². The van der Waals surface area contributed by atoms with Crippen LogP contribution in [0.5, 0.6) is 34.5 Å². The predicted molar refractivity (Wildman–Crippen MR) is 331 cm³/mol. The zero-order valence-electron chi connectivity index (χ0n) is 42.5. The van der Waals surface area contributed by atoms with Crippen LogP contribution in [0.25, 0.3) is 0 Å². The molecule has 0 saturated carbocycles. The number of esters is 6. The Morgan fingerprint density at radius 3 is 0.519 bits per heavy atom. The number of hydrogen-bond donors (Lipinski definition) is 0. The van der Waals surface area contributed by atoms with E-state index in [-0.39, 0.29) is 0 Å². The van der Waals surface area contributed by atoms with E-state index in [2.05, 4.69) is 57.7 Å². The fraction of sp³-hybridized carbons (Fsp3) is 0. The molecule has 0 atom stereocenters. The van der Waals surface area contributed by atoms with Crippen molar-refractivity contribution in [1.82, 2.24) is 0 Å². The van der Waals surface area contributed by atoms with Gasteiger partial charge in [0, 0.05) is 0 Å². The first kappa shape index (κ1) is 63.1. The molecule has 0 aromatic heterocycles. The van der Waals surface area contributed by atoms with Gasteiger partial charge >= 0.3 is 514 Å². The standard InChI is InChI=1S/6C9H8O2S.C6H3.3Bi/c6*1-2-9(10)11-7-3-5-8(12)6-4-7;1-2-4-6-5-3-1;;;/h6*2-6,12H,1H2;1,4-5H;;;/q;;;;;;;3*+2/p-6. The Morgan fingerprint density at radius 1 is 0.259 bits per heavy atom. The molecule has 0 amide bonds. The molecule has 0 saturated heterocycles. The maximum atomic E-state index is 12.2. The third-order valence-electron chi connectivity index (χ3n) is 9.90. The molecule has 0 bridgehead atoms. The molecule has 0 spiro atoms. The number of hydrogen-bond acceptors (Lipinski definition) is 18.